The molecule has 0 unspecified atom stereocenters. The molecule has 0 radical (unpaired) electrons. The van der Waals surface area contributed by atoms with Gasteiger partial charge >= 0.3 is 5.97 Å². The lowest BCUT2D eigenvalue weighted by Gasteiger charge is -2.10. The summed E-state index contributed by atoms with van der Waals surface area (Å²) in [4.78, 5) is 27.4. The number of ether oxygens (including phenoxy) is 1. The van der Waals surface area contributed by atoms with Gasteiger partial charge in [-0.05, 0) is 46.7 Å². The number of halogens is 1. The monoisotopic (exact) mass is 426 g/mol. The van der Waals surface area contributed by atoms with Crippen molar-refractivity contribution < 1.29 is 14.3 Å². The molecule has 5 nitrogen and oxygen atoms in total. The molecule has 0 fully saturated rings. The average Bonchev–Trinajstić information content (AvgIpc) is 2.87. The number of methoxy groups -OCH3 is 1. The van der Waals surface area contributed by atoms with E-state index in [1.165, 1.54) is 7.11 Å². The number of carbonyl (C=O) groups is 2. The number of hydrogen-bond acceptors (Lipinski definition) is 4. The van der Waals surface area contributed by atoms with Crippen LogP contribution in [0, 0.1) is 3.70 Å². The molecular weight excluding hydrogens is 407 g/mol. The summed E-state index contributed by atoms with van der Waals surface area (Å²) in [5.41, 5.74) is 2.12. The number of benzene rings is 1. The van der Waals surface area contributed by atoms with Crippen molar-refractivity contribution in [3.05, 3.63) is 50.6 Å². The third-order valence-corrected chi connectivity index (χ3v) is 4.42. The molecule has 0 saturated carbocycles. The van der Waals surface area contributed by atoms with E-state index >= 15 is 0 Å². The van der Waals surface area contributed by atoms with Gasteiger partial charge in [0.1, 0.15) is 15.2 Å². The number of aromatic nitrogens is 2. The first-order chi connectivity index (χ1) is 11.1. The van der Waals surface area contributed by atoms with Gasteiger partial charge in [0.15, 0.2) is 6.29 Å². The Bertz CT molecular complexity index is 693. The molecule has 2 rings (SSSR count). The lowest BCUT2D eigenvalue weighted by Crippen LogP contribution is -2.09. The van der Waals surface area contributed by atoms with Gasteiger partial charge in [0.2, 0.25) is 0 Å². The van der Waals surface area contributed by atoms with Crippen molar-refractivity contribution in [2.75, 3.05) is 7.11 Å². The molecule has 0 spiro atoms. The van der Waals surface area contributed by atoms with Crippen LogP contribution in [0.3, 0.4) is 0 Å². The van der Waals surface area contributed by atoms with Crippen LogP contribution in [0.1, 0.15) is 52.0 Å². The molecule has 6 heteroatoms. The summed E-state index contributed by atoms with van der Waals surface area (Å²) in [6.07, 6.45) is 3.81. The highest BCUT2D eigenvalue weighted by Gasteiger charge is 2.15. The van der Waals surface area contributed by atoms with Crippen LogP contribution in [0.2, 0.25) is 0 Å². The average molecular weight is 426 g/mol. The minimum absolute atomic E-state index is 0.356. The van der Waals surface area contributed by atoms with E-state index in [0.717, 1.165) is 40.6 Å². The zero-order valence-corrected chi connectivity index (χ0v) is 15.4. The molecule has 0 saturated heterocycles. The van der Waals surface area contributed by atoms with E-state index in [-0.39, 0.29) is 5.97 Å². The van der Waals surface area contributed by atoms with E-state index in [1.54, 1.807) is 12.1 Å². The van der Waals surface area contributed by atoms with Crippen LogP contribution in [0.5, 0.6) is 0 Å². The van der Waals surface area contributed by atoms with Crippen molar-refractivity contribution in [2.45, 2.75) is 32.7 Å². The van der Waals surface area contributed by atoms with Crippen LogP contribution in [0.25, 0.3) is 0 Å². The van der Waals surface area contributed by atoms with Crippen molar-refractivity contribution in [3.8, 4) is 0 Å². The first-order valence-corrected chi connectivity index (χ1v) is 8.55. The Balaban J connectivity index is 2.27. The zero-order chi connectivity index (χ0) is 16.8. The van der Waals surface area contributed by atoms with Gasteiger partial charge in [0, 0.05) is 13.0 Å². The number of carbonyl (C=O) groups excluding carboxylic acids is 2. The van der Waals surface area contributed by atoms with E-state index in [1.807, 2.05) is 16.7 Å². The van der Waals surface area contributed by atoms with E-state index in [2.05, 4.69) is 34.5 Å². The van der Waals surface area contributed by atoms with E-state index in [9.17, 15) is 9.59 Å². The second-order valence-electron chi connectivity index (χ2n) is 5.20. The molecule has 0 aliphatic carbocycles. The standard InChI is InChI=1S/C17H19IN2O3/c1-3-4-5-15-19-16(18)14(11-21)20(15)10-12-6-8-13(9-7-12)17(22)23-2/h6-9,11H,3-5,10H2,1-2H3. The SMILES string of the molecule is CCCCc1nc(I)c(C=O)n1Cc1ccc(C(=O)OC)cc1. The summed E-state index contributed by atoms with van der Waals surface area (Å²) in [6.45, 7) is 2.69. The molecule has 1 aromatic heterocycles. The van der Waals surface area contributed by atoms with Crippen molar-refractivity contribution in [1.29, 1.82) is 0 Å². The fourth-order valence-corrected chi connectivity index (χ4v) is 3.04. The molecule has 23 heavy (non-hydrogen) atoms. The number of hydrogen-bond donors (Lipinski definition) is 0. The first kappa shape index (κ1) is 17.7. The minimum Gasteiger partial charge on any atom is -0.465 e. The molecule has 1 aromatic carbocycles. The van der Waals surface area contributed by atoms with E-state index in [4.69, 9.17) is 4.74 Å². The number of esters is 1. The second-order valence-corrected chi connectivity index (χ2v) is 6.22. The summed E-state index contributed by atoms with van der Waals surface area (Å²) in [5, 5.41) is 0. The summed E-state index contributed by atoms with van der Waals surface area (Å²) in [5.74, 6) is 0.571. The maximum Gasteiger partial charge on any atom is 0.337 e. The normalized spacial score (nSPS) is 10.6. The Hall–Kier alpha value is -1.70. The van der Waals surface area contributed by atoms with Gasteiger partial charge in [-0.1, -0.05) is 25.5 Å². The number of rotatable bonds is 7. The Labute approximate surface area is 149 Å². The highest BCUT2D eigenvalue weighted by molar-refractivity contribution is 14.1. The largest absolute Gasteiger partial charge is 0.465 e. The number of aldehydes is 1. The van der Waals surface area contributed by atoms with E-state index < -0.39 is 0 Å². The number of unbranched alkanes of at least 4 members (excludes halogenated alkanes) is 1. The zero-order valence-electron chi connectivity index (χ0n) is 13.2. The maximum absolute atomic E-state index is 11.5. The van der Waals surface area contributed by atoms with Gasteiger partial charge in [-0.25, -0.2) is 9.78 Å². The lowest BCUT2D eigenvalue weighted by atomic mass is 10.1. The molecule has 0 bridgehead atoms. The third-order valence-electron chi connectivity index (χ3n) is 3.62. The van der Waals surface area contributed by atoms with Gasteiger partial charge in [0.25, 0.3) is 0 Å². The van der Waals surface area contributed by atoms with Crippen LogP contribution >= 0.6 is 22.6 Å². The van der Waals surface area contributed by atoms with Crippen molar-refractivity contribution in [3.63, 3.8) is 0 Å². The van der Waals surface area contributed by atoms with Crippen molar-refractivity contribution in [1.82, 2.24) is 9.55 Å². The number of nitrogens with zero attached hydrogens (tertiary/aromatic N) is 2. The van der Waals surface area contributed by atoms with Crippen LogP contribution in [-0.2, 0) is 17.7 Å². The molecule has 122 valence electrons. The fraction of sp³-hybridized carbons (Fsp3) is 0.353. The molecule has 0 atom stereocenters. The summed E-state index contributed by atoms with van der Waals surface area (Å²) >= 11 is 2.10. The smallest absolute Gasteiger partial charge is 0.337 e. The Morgan fingerprint density at radius 1 is 1.35 bits per heavy atom. The van der Waals surface area contributed by atoms with Crippen molar-refractivity contribution >= 4 is 34.8 Å². The van der Waals surface area contributed by atoms with Crippen molar-refractivity contribution in [2.24, 2.45) is 0 Å². The lowest BCUT2D eigenvalue weighted by molar-refractivity contribution is 0.0600. The quantitative estimate of drug-likeness (QED) is 0.387. The third kappa shape index (κ3) is 4.19. The first-order valence-electron chi connectivity index (χ1n) is 7.48. The minimum atomic E-state index is -0.356. The maximum atomic E-state index is 11.5. The molecule has 0 amide bonds. The Morgan fingerprint density at radius 3 is 2.61 bits per heavy atom. The molecular formula is C17H19IN2O3. The molecule has 0 aliphatic rings. The molecule has 0 N–H and O–H groups in total. The molecule has 1 heterocycles. The Kier molecular flexibility index (Phi) is 6.32. The highest BCUT2D eigenvalue weighted by atomic mass is 127. The van der Waals surface area contributed by atoms with Gasteiger partial charge in [-0.15, -0.1) is 0 Å². The fourth-order valence-electron chi connectivity index (χ4n) is 2.34. The topological polar surface area (TPSA) is 61.2 Å². The van der Waals surface area contributed by atoms with Crippen LogP contribution in [0.15, 0.2) is 24.3 Å². The van der Waals surface area contributed by atoms with Gasteiger partial charge in [0.05, 0.1) is 12.7 Å². The van der Waals surface area contributed by atoms with Gasteiger partial charge in [-0.2, -0.15) is 0 Å². The predicted octanol–water partition coefficient (Wildman–Crippen LogP) is 3.48. The number of aryl methyl sites for hydroxylation is 1. The summed E-state index contributed by atoms with van der Waals surface area (Å²) in [7, 11) is 1.36. The summed E-state index contributed by atoms with van der Waals surface area (Å²) in [6, 6.07) is 7.21. The summed E-state index contributed by atoms with van der Waals surface area (Å²) < 4.78 is 7.38. The van der Waals surface area contributed by atoms with Gasteiger partial charge in [-0.3, -0.25) is 4.79 Å². The predicted molar refractivity (Wildman–Crippen MR) is 95.8 cm³/mol. The van der Waals surface area contributed by atoms with E-state index in [0.29, 0.717) is 17.8 Å². The molecule has 0 aliphatic heterocycles. The highest BCUT2D eigenvalue weighted by Crippen LogP contribution is 2.17. The second kappa shape index (κ2) is 8.24. The molecule has 2 aromatic rings. The van der Waals surface area contributed by atoms with Crippen LogP contribution in [0.4, 0.5) is 0 Å². The van der Waals surface area contributed by atoms with Crippen LogP contribution < -0.4 is 0 Å². The van der Waals surface area contributed by atoms with Gasteiger partial charge < -0.3 is 9.30 Å². The Morgan fingerprint density at radius 2 is 2.04 bits per heavy atom. The number of imidazole rings is 1. The van der Waals surface area contributed by atoms with Crippen LogP contribution in [-0.4, -0.2) is 28.9 Å².